The van der Waals surface area contributed by atoms with Crippen LogP contribution in [0.1, 0.15) is 5.56 Å². The minimum atomic E-state index is -0.827. The van der Waals surface area contributed by atoms with Gasteiger partial charge in [0.1, 0.15) is 0 Å². The van der Waals surface area contributed by atoms with Gasteiger partial charge in [0.05, 0.1) is 21.9 Å². The Kier molecular flexibility index (Phi) is 6.05. The van der Waals surface area contributed by atoms with Gasteiger partial charge in [0, 0.05) is 26.6 Å². The summed E-state index contributed by atoms with van der Waals surface area (Å²) in [5.41, 5.74) is 18.0. The highest BCUT2D eigenvalue weighted by atomic mass is 79.9. The van der Waals surface area contributed by atoms with E-state index >= 15 is 0 Å². The van der Waals surface area contributed by atoms with E-state index in [1.54, 1.807) is 24.3 Å². The fraction of sp³-hybridized carbons (Fsp3) is 0.0556. The molecule has 10 heteroatoms. The lowest BCUT2D eigenvalue weighted by molar-refractivity contribution is -0.385. The zero-order chi connectivity index (χ0) is 20.3. The summed E-state index contributed by atoms with van der Waals surface area (Å²) in [5.74, 6) is 0. The molecule has 2 aromatic rings. The van der Waals surface area contributed by atoms with Crippen LogP contribution in [0.4, 0.5) is 11.4 Å². The minimum Gasteiger partial charge on any atom is -0.361 e. The molecule has 8 nitrogen and oxygen atoms in total. The summed E-state index contributed by atoms with van der Waals surface area (Å²) in [6.07, 6.45) is 3.34. The highest BCUT2D eigenvalue weighted by Crippen LogP contribution is 2.38. The quantitative estimate of drug-likeness (QED) is 0.266. The summed E-state index contributed by atoms with van der Waals surface area (Å²) in [4.78, 5) is 13.9. The van der Waals surface area contributed by atoms with Crippen LogP contribution < -0.4 is 5.73 Å². The van der Waals surface area contributed by atoms with E-state index in [0.29, 0.717) is 31.5 Å². The number of nitrogens with two attached hydrogens (primary N) is 1. The molecule has 1 aliphatic carbocycles. The van der Waals surface area contributed by atoms with Gasteiger partial charge < -0.3 is 11.3 Å². The molecule has 0 aromatic heterocycles. The van der Waals surface area contributed by atoms with Crippen molar-refractivity contribution in [2.45, 2.75) is 6.04 Å². The molecular formula is C18H12Br2N6O2. The third-order valence-electron chi connectivity index (χ3n) is 3.96. The second-order valence-electron chi connectivity index (χ2n) is 5.71. The minimum absolute atomic E-state index is 0.0846. The number of hydrogen-bond donors (Lipinski definition) is 1. The molecule has 1 atom stereocenters. The molecule has 1 unspecified atom stereocenters. The number of nitro benzene ring substituents is 1. The molecule has 0 heterocycles. The Morgan fingerprint density at radius 3 is 2.32 bits per heavy atom. The van der Waals surface area contributed by atoms with Crippen LogP contribution in [-0.2, 0) is 0 Å². The van der Waals surface area contributed by atoms with Crippen molar-refractivity contribution in [1.29, 1.82) is 0 Å². The maximum atomic E-state index is 11.0. The fourth-order valence-corrected chi connectivity index (χ4v) is 4.21. The molecule has 0 amide bonds. The van der Waals surface area contributed by atoms with Crippen molar-refractivity contribution < 1.29 is 9.71 Å². The number of nitro groups is 1. The number of halogens is 2. The monoisotopic (exact) mass is 502 g/mol. The standard InChI is InChI=1S/C18H12Br2N6O2/c19-13-8-11(26(27)28)9-14(20)16(13)12-6-7-15(17(21)18(12)23-22)25-24-10-4-2-1-3-5-10/h1-9,17H,21H2. The first-order chi connectivity index (χ1) is 13.4. The molecule has 0 saturated heterocycles. The summed E-state index contributed by atoms with van der Waals surface area (Å²) in [6, 6.07) is 11.1. The summed E-state index contributed by atoms with van der Waals surface area (Å²) in [7, 11) is 0. The number of allylic oxidation sites excluding steroid dienone is 2. The van der Waals surface area contributed by atoms with Gasteiger partial charge in [-0.2, -0.15) is 15.0 Å². The van der Waals surface area contributed by atoms with E-state index in [2.05, 4.69) is 46.9 Å². The zero-order valence-corrected chi connectivity index (χ0v) is 17.3. The number of non-ortho nitro benzene ring substituents is 1. The Labute approximate surface area is 176 Å². The molecule has 0 radical (unpaired) electrons. The van der Waals surface area contributed by atoms with Gasteiger partial charge in [-0.25, -0.2) is 0 Å². The van der Waals surface area contributed by atoms with Crippen LogP contribution in [0.15, 0.2) is 79.5 Å². The molecule has 0 bridgehead atoms. The van der Waals surface area contributed by atoms with Crippen LogP contribution in [0, 0.1) is 10.1 Å². The summed E-state index contributed by atoms with van der Waals surface area (Å²) < 4.78 is 0.909. The molecule has 0 fully saturated rings. The fourth-order valence-electron chi connectivity index (χ4n) is 2.62. The summed E-state index contributed by atoms with van der Waals surface area (Å²) >= 11 is 6.68. The first-order valence-corrected chi connectivity index (χ1v) is 9.51. The maximum absolute atomic E-state index is 11.0. The van der Waals surface area contributed by atoms with E-state index in [0.717, 1.165) is 0 Å². The smallest absolute Gasteiger partial charge is 0.322 e. The lowest BCUT2D eigenvalue weighted by Gasteiger charge is -2.16. The molecule has 28 heavy (non-hydrogen) atoms. The average molecular weight is 504 g/mol. The van der Waals surface area contributed by atoms with Gasteiger partial charge >= 0.3 is 5.71 Å². The number of rotatable bonds is 4. The Bertz CT molecular complexity index is 1070. The Morgan fingerprint density at radius 2 is 1.75 bits per heavy atom. The van der Waals surface area contributed by atoms with Crippen LogP contribution in [-0.4, -0.2) is 21.5 Å². The van der Waals surface area contributed by atoms with Crippen LogP contribution in [0.2, 0.25) is 0 Å². The van der Waals surface area contributed by atoms with E-state index < -0.39 is 11.0 Å². The lowest BCUT2D eigenvalue weighted by Crippen LogP contribution is -2.35. The van der Waals surface area contributed by atoms with Gasteiger partial charge in [0.25, 0.3) is 5.69 Å². The number of nitrogens with zero attached hydrogens (tertiary/aromatic N) is 5. The molecular weight excluding hydrogens is 492 g/mol. The normalized spacial score (nSPS) is 16.5. The molecule has 0 spiro atoms. The third kappa shape index (κ3) is 4.05. The van der Waals surface area contributed by atoms with Crippen LogP contribution >= 0.6 is 31.9 Å². The van der Waals surface area contributed by atoms with Gasteiger partial charge in [0.15, 0.2) is 6.04 Å². The third-order valence-corrected chi connectivity index (χ3v) is 5.21. The topological polar surface area (TPSA) is 130 Å². The van der Waals surface area contributed by atoms with Crippen molar-refractivity contribution >= 4 is 54.5 Å². The van der Waals surface area contributed by atoms with Gasteiger partial charge in [-0.1, -0.05) is 18.2 Å². The number of hydrogen-bond acceptors (Lipinski definition) is 5. The average Bonchev–Trinajstić information content (AvgIpc) is 2.67. The first kappa shape index (κ1) is 20.0. The van der Waals surface area contributed by atoms with Crippen molar-refractivity contribution in [2.24, 2.45) is 16.0 Å². The van der Waals surface area contributed by atoms with Crippen LogP contribution in [0.25, 0.3) is 11.1 Å². The van der Waals surface area contributed by atoms with E-state index in [-0.39, 0.29) is 11.4 Å². The van der Waals surface area contributed by atoms with E-state index in [1.165, 1.54) is 12.1 Å². The first-order valence-electron chi connectivity index (χ1n) is 7.92. The Hall–Kier alpha value is -2.78. The molecule has 3 rings (SSSR count). The lowest BCUT2D eigenvalue weighted by atomic mass is 9.90. The second-order valence-corrected chi connectivity index (χ2v) is 7.42. The summed E-state index contributed by atoms with van der Waals surface area (Å²) in [5, 5.41) is 19.3. The molecule has 2 aromatic carbocycles. The Morgan fingerprint density at radius 1 is 1.11 bits per heavy atom. The number of azo groups is 1. The molecule has 140 valence electrons. The molecule has 0 saturated carbocycles. The van der Waals surface area contributed by atoms with Crippen LogP contribution in [0.5, 0.6) is 0 Å². The van der Waals surface area contributed by atoms with Gasteiger partial charge in [-0.3, -0.25) is 10.1 Å². The highest BCUT2D eigenvalue weighted by Gasteiger charge is 2.34. The largest absolute Gasteiger partial charge is 0.361 e. The number of benzene rings is 2. The van der Waals surface area contributed by atoms with Crippen molar-refractivity contribution in [3.8, 4) is 0 Å². The Balaban J connectivity index is 2.04. The SMILES string of the molecule is [N-]=[N+]=C1C(c2c(Br)cc([N+](=O)[O-])cc2Br)=CC=C(N=Nc2ccccc2)C1N. The van der Waals surface area contributed by atoms with E-state index in [4.69, 9.17) is 5.73 Å². The van der Waals surface area contributed by atoms with Crippen LogP contribution in [0.3, 0.4) is 0 Å². The highest BCUT2D eigenvalue weighted by molar-refractivity contribution is 9.11. The maximum Gasteiger partial charge on any atom is 0.322 e. The van der Waals surface area contributed by atoms with Crippen molar-refractivity contribution in [2.75, 3.05) is 0 Å². The van der Waals surface area contributed by atoms with Gasteiger partial charge in [0.2, 0.25) is 0 Å². The molecule has 2 N–H and O–H groups in total. The molecule has 1 aliphatic rings. The van der Waals surface area contributed by atoms with Crippen molar-refractivity contribution in [3.63, 3.8) is 0 Å². The summed E-state index contributed by atoms with van der Waals surface area (Å²) in [6.45, 7) is 0. The predicted octanol–water partition coefficient (Wildman–Crippen LogP) is 5.18. The van der Waals surface area contributed by atoms with Crippen molar-refractivity contribution in [3.05, 3.63) is 90.5 Å². The predicted molar refractivity (Wildman–Crippen MR) is 112 cm³/mol. The van der Waals surface area contributed by atoms with E-state index in [1.807, 2.05) is 18.2 Å². The molecule has 0 aliphatic heterocycles. The van der Waals surface area contributed by atoms with Gasteiger partial charge in [-0.15, -0.1) is 0 Å². The van der Waals surface area contributed by atoms with E-state index in [9.17, 15) is 15.6 Å². The van der Waals surface area contributed by atoms with Crippen molar-refractivity contribution in [1.82, 2.24) is 0 Å². The zero-order valence-electron chi connectivity index (χ0n) is 14.2. The second kappa shape index (κ2) is 8.49. The van der Waals surface area contributed by atoms with Gasteiger partial charge in [-0.05, 0) is 56.1 Å².